The quantitative estimate of drug-likeness (QED) is 0.649. The fourth-order valence-corrected chi connectivity index (χ4v) is 1.46. The van der Waals surface area contributed by atoms with Gasteiger partial charge in [0, 0.05) is 25.0 Å². The van der Waals surface area contributed by atoms with Crippen LogP contribution in [-0.2, 0) is 9.59 Å². The number of Topliss-reactive ketones (excluding diaryl/α,β-unsaturated/α-hetero) is 1. The molecule has 1 rings (SSSR count). The number of hydrogen-bond acceptors (Lipinski definition) is 3. The lowest BCUT2D eigenvalue weighted by molar-refractivity contribution is -0.146. The van der Waals surface area contributed by atoms with Crippen LogP contribution in [0, 0.1) is 5.92 Å². The zero-order valence-electron chi connectivity index (χ0n) is 9.75. The van der Waals surface area contributed by atoms with Crippen LogP contribution in [0.25, 0.3) is 0 Å². The van der Waals surface area contributed by atoms with E-state index in [0.717, 1.165) is 19.4 Å². The standard InChI is InChI=1S/C11H20N2O2/c1-8(2)10(14)11(15)13(7-6-12-3)9-4-5-9/h8-9,12H,4-7H2,1-3H3. The number of nitrogens with one attached hydrogen (secondary N) is 1. The number of carbonyl (C=O) groups excluding carboxylic acids is 2. The molecule has 1 saturated carbocycles. The molecule has 15 heavy (non-hydrogen) atoms. The molecule has 4 nitrogen and oxygen atoms in total. The molecule has 0 atom stereocenters. The minimum Gasteiger partial charge on any atom is -0.332 e. The summed E-state index contributed by atoms with van der Waals surface area (Å²) in [6.07, 6.45) is 2.08. The first-order valence-electron chi connectivity index (χ1n) is 5.57. The van der Waals surface area contributed by atoms with Crippen molar-refractivity contribution in [2.45, 2.75) is 32.7 Å². The van der Waals surface area contributed by atoms with Gasteiger partial charge in [-0.2, -0.15) is 0 Å². The number of amides is 1. The lowest BCUT2D eigenvalue weighted by atomic mass is 10.1. The molecule has 0 aromatic heterocycles. The molecule has 1 N–H and O–H groups in total. The first-order chi connectivity index (χ1) is 7.07. The van der Waals surface area contributed by atoms with Crippen LogP contribution in [0.4, 0.5) is 0 Å². The Bertz CT molecular complexity index is 247. The predicted octanol–water partition coefficient (Wildman–Crippen LogP) is 0.422. The van der Waals surface area contributed by atoms with Crippen LogP contribution in [0.3, 0.4) is 0 Å². The van der Waals surface area contributed by atoms with Gasteiger partial charge in [-0.05, 0) is 19.9 Å². The Balaban J connectivity index is 2.54. The molecule has 0 bridgehead atoms. The van der Waals surface area contributed by atoms with Crippen LogP contribution >= 0.6 is 0 Å². The fraction of sp³-hybridized carbons (Fsp3) is 0.818. The molecule has 4 heteroatoms. The zero-order chi connectivity index (χ0) is 11.4. The van der Waals surface area contributed by atoms with E-state index in [0.29, 0.717) is 12.6 Å². The Morgan fingerprint density at radius 3 is 2.40 bits per heavy atom. The van der Waals surface area contributed by atoms with Gasteiger partial charge in [0.2, 0.25) is 5.78 Å². The van der Waals surface area contributed by atoms with Crippen molar-refractivity contribution in [1.29, 1.82) is 0 Å². The number of ketones is 1. The van der Waals surface area contributed by atoms with Gasteiger partial charge in [0.1, 0.15) is 0 Å². The van der Waals surface area contributed by atoms with Gasteiger partial charge in [-0.25, -0.2) is 0 Å². The van der Waals surface area contributed by atoms with Gasteiger partial charge in [-0.15, -0.1) is 0 Å². The number of carbonyl (C=O) groups is 2. The largest absolute Gasteiger partial charge is 0.332 e. The molecular weight excluding hydrogens is 192 g/mol. The molecule has 1 fully saturated rings. The lowest BCUT2D eigenvalue weighted by Gasteiger charge is -2.22. The van der Waals surface area contributed by atoms with Gasteiger partial charge in [-0.3, -0.25) is 9.59 Å². The molecule has 1 aliphatic carbocycles. The van der Waals surface area contributed by atoms with Gasteiger partial charge in [-0.1, -0.05) is 13.8 Å². The van der Waals surface area contributed by atoms with Crippen molar-refractivity contribution in [1.82, 2.24) is 10.2 Å². The van der Waals surface area contributed by atoms with Crippen LogP contribution in [-0.4, -0.2) is 42.8 Å². The number of hydrogen-bond donors (Lipinski definition) is 1. The van der Waals surface area contributed by atoms with E-state index < -0.39 is 0 Å². The van der Waals surface area contributed by atoms with E-state index in [1.54, 1.807) is 18.7 Å². The summed E-state index contributed by atoms with van der Waals surface area (Å²) in [5, 5.41) is 3.00. The van der Waals surface area contributed by atoms with Gasteiger partial charge in [0.05, 0.1) is 0 Å². The Morgan fingerprint density at radius 1 is 1.40 bits per heavy atom. The van der Waals surface area contributed by atoms with Crippen LogP contribution in [0.1, 0.15) is 26.7 Å². The second kappa shape index (κ2) is 5.26. The van der Waals surface area contributed by atoms with Crippen molar-refractivity contribution in [3.63, 3.8) is 0 Å². The highest BCUT2D eigenvalue weighted by Gasteiger charge is 2.35. The highest BCUT2D eigenvalue weighted by molar-refractivity contribution is 6.36. The van der Waals surface area contributed by atoms with E-state index in [1.807, 2.05) is 7.05 Å². The summed E-state index contributed by atoms with van der Waals surface area (Å²) in [7, 11) is 1.85. The SMILES string of the molecule is CNCCN(C(=O)C(=O)C(C)C)C1CC1. The molecule has 1 aliphatic rings. The molecule has 0 aromatic rings. The molecule has 0 unspecified atom stereocenters. The number of nitrogens with zero attached hydrogens (tertiary/aromatic N) is 1. The minimum atomic E-state index is -0.303. The van der Waals surface area contributed by atoms with Crippen molar-refractivity contribution >= 4 is 11.7 Å². The lowest BCUT2D eigenvalue weighted by Crippen LogP contribution is -2.43. The third kappa shape index (κ3) is 3.30. The molecule has 0 saturated heterocycles. The predicted molar refractivity (Wildman–Crippen MR) is 58.5 cm³/mol. The maximum Gasteiger partial charge on any atom is 0.290 e. The first-order valence-corrected chi connectivity index (χ1v) is 5.57. The average molecular weight is 212 g/mol. The van der Waals surface area contributed by atoms with E-state index in [2.05, 4.69) is 5.32 Å². The summed E-state index contributed by atoms with van der Waals surface area (Å²) >= 11 is 0. The molecule has 0 heterocycles. The number of likely N-dealkylation sites (N-methyl/N-ethyl adjacent to an activating group) is 1. The summed E-state index contributed by atoms with van der Waals surface area (Å²) in [6.45, 7) is 4.92. The summed E-state index contributed by atoms with van der Waals surface area (Å²) in [4.78, 5) is 25.1. The Morgan fingerprint density at radius 2 is 2.00 bits per heavy atom. The molecule has 0 radical (unpaired) electrons. The summed E-state index contributed by atoms with van der Waals surface area (Å²) < 4.78 is 0. The molecule has 1 amide bonds. The average Bonchev–Trinajstić information content (AvgIpc) is 3.00. The minimum absolute atomic E-state index is 0.201. The number of rotatable bonds is 6. The Kier molecular flexibility index (Phi) is 4.27. The topological polar surface area (TPSA) is 49.4 Å². The molecule has 86 valence electrons. The third-order valence-electron chi connectivity index (χ3n) is 2.59. The Hall–Kier alpha value is -0.900. The highest BCUT2D eigenvalue weighted by atomic mass is 16.2. The Labute approximate surface area is 91.0 Å². The van der Waals surface area contributed by atoms with E-state index in [9.17, 15) is 9.59 Å². The van der Waals surface area contributed by atoms with Crippen molar-refractivity contribution in [3.8, 4) is 0 Å². The summed E-state index contributed by atoms with van der Waals surface area (Å²) in [5.74, 6) is -0.769. The van der Waals surface area contributed by atoms with Crippen LogP contribution in [0.5, 0.6) is 0 Å². The summed E-state index contributed by atoms with van der Waals surface area (Å²) in [5.41, 5.74) is 0. The van der Waals surface area contributed by atoms with Crippen molar-refractivity contribution in [3.05, 3.63) is 0 Å². The van der Waals surface area contributed by atoms with Gasteiger partial charge < -0.3 is 10.2 Å². The van der Waals surface area contributed by atoms with E-state index >= 15 is 0 Å². The highest BCUT2D eigenvalue weighted by Crippen LogP contribution is 2.27. The van der Waals surface area contributed by atoms with E-state index in [4.69, 9.17) is 0 Å². The maximum absolute atomic E-state index is 11.8. The van der Waals surface area contributed by atoms with Gasteiger partial charge in [0.15, 0.2) is 0 Å². The van der Waals surface area contributed by atoms with Crippen molar-refractivity contribution in [2.75, 3.05) is 20.1 Å². The fourth-order valence-electron chi connectivity index (χ4n) is 1.46. The molecule has 0 aromatic carbocycles. The first kappa shape index (κ1) is 12.2. The monoisotopic (exact) mass is 212 g/mol. The molecular formula is C11H20N2O2. The summed E-state index contributed by atoms with van der Waals surface area (Å²) in [6, 6.07) is 0.313. The van der Waals surface area contributed by atoms with Crippen LogP contribution in [0.15, 0.2) is 0 Å². The maximum atomic E-state index is 11.8. The second-order valence-electron chi connectivity index (χ2n) is 4.35. The zero-order valence-corrected chi connectivity index (χ0v) is 9.75. The van der Waals surface area contributed by atoms with Crippen LogP contribution < -0.4 is 5.32 Å². The smallest absolute Gasteiger partial charge is 0.290 e. The van der Waals surface area contributed by atoms with Gasteiger partial charge in [0.25, 0.3) is 5.91 Å². The van der Waals surface area contributed by atoms with Crippen molar-refractivity contribution in [2.24, 2.45) is 5.92 Å². The van der Waals surface area contributed by atoms with E-state index in [1.165, 1.54) is 0 Å². The molecule has 0 aliphatic heterocycles. The second-order valence-corrected chi connectivity index (χ2v) is 4.35. The van der Waals surface area contributed by atoms with Crippen LogP contribution in [0.2, 0.25) is 0 Å². The van der Waals surface area contributed by atoms with Gasteiger partial charge >= 0.3 is 0 Å². The normalized spacial score (nSPS) is 15.5. The van der Waals surface area contributed by atoms with E-state index in [-0.39, 0.29) is 17.6 Å². The van der Waals surface area contributed by atoms with Crippen molar-refractivity contribution < 1.29 is 9.59 Å². The third-order valence-corrected chi connectivity index (χ3v) is 2.59. The molecule has 0 spiro atoms.